The summed E-state index contributed by atoms with van der Waals surface area (Å²) in [6.45, 7) is 3.20. The summed E-state index contributed by atoms with van der Waals surface area (Å²) in [5.74, 6) is -0.236. The minimum atomic E-state index is -4.09. The molecule has 0 saturated heterocycles. The second-order valence-corrected chi connectivity index (χ2v) is 9.50. The van der Waals surface area contributed by atoms with E-state index in [-0.39, 0.29) is 10.8 Å². The molecular weight excluding hydrogens is 478 g/mol. The maximum atomic E-state index is 13.4. The Labute approximate surface area is 203 Å². The molecule has 0 atom stereocenters. The van der Waals surface area contributed by atoms with E-state index in [9.17, 15) is 18.0 Å². The minimum Gasteiger partial charge on any atom is -0.494 e. The van der Waals surface area contributed by atoms with Gasteiger partial charge in [-0.05, 0) is 73.7 Å². The van der Waals surface area contributed by atoms with Crippen LogP contribution >= 0.6 is 11.6 Å². The highest BCUT2D eigenvalue weighted by Gasteiger charge is 2.27. The van der Waals surface area contributed by atoms with Crippen LogP contribution in [0.3, 0.4) is 0 Å². The van der Waals surface area contributed by atoms with E-state index in [1.54, 1.807) is 48.5 Å². The van der Waals surface area contributed by atoms with Gasteiger partial charge in [-0.15, -0.1) is 0 Å². The Kier molecular flexibility index (Phi) is 8.14. The quantitative estimate of drug-likeness (QED) is 0.448. The van der Waals surface area contributed by atoms with E-state index in [4.69, 9.17) is 16.3 Å². The highest BCUT2D eigenvalue weighted by Crippen LogP contribution is 2.27. The van der Waals surface area contributed by atoms with Crippen molar-refractivity contribution in [1.82, 2.24) is 0 Å². The summed E-state index contributed by atoms with van der Waals surface area (Å²) in [6, 6.07) is 18.7. The van der Waals surface area contributed by atoms with Gasteiger partial charge in [-0.2, -0.15) is 0 Å². The summed E-state index contributed by atoms with van der Waals surface area (Å²) in [4.78, 5) is 24.2. The standard InChI is InChI=1S/C24H24ClN3O5S/c1-3-33-22-11-9-21(10-12-22)28(34(31,32)23-13-7-18(25)8-14-23)16-24(30)27-20-6-4-5-19(15-20)26-17(2)29/h4-15H,3,16H2,1-2H3,(H,26,29)(H,27,30). The highest BCUT2D eigenvalue weighted by molar-refractivity contribution is 7.92. The Balaban J connectivity index is 1.90. The van der Waals surface area contributed by atoms with Crippen molar-refractivity contribution in [2.24, 2.45) is 0 Å². The molecule has 0 bridgehead atoms. The van der Waals surface area contributed by atoms with E-state index < -0.39 is 22.5 Å². The number of halogens is 1. The molecule has 10 heteroatoms. The predicted octanol–water partition coefficient (Wildman–Crippen LogP) is 4.53. The lowest BCUT2D eigenvalue weighted by atomic mass is 10.2. The number of ether oxygens (including phenoxy) is 1. The van der Waals surface area contributed by atoms with Crippen molar-refractivity contribution >= 4 is 50.5 Å². The number of hydrogen-bond acceptors (Lipinski definition) is 5. The van der Waals surface area contributed by atoms with Crippen molar-refractivity contribution in [1.29, 1.82) is 0 Å². The number of amides is 2. The molecule has 8 nitrogen and oxygen atoms in total. The van der Waals surface area contributed by atoms with Crippen LogP contribution in [0, 0.1) is 0 Å². The van der Waals surface area contributed by atoms with Gasteiger partial charge in [-0.25, -0.2) is 8.42 Å². The Morgan fingerprint density at radius 3 is 2.15 bits per heavy atom. The number of carbonyl (C=O) groups is 2. The molecule has 3 aromatic carbocycles. The van der Waals surface area contributed by atoms with Gasteiger partial charge in [0, 0.05) is 23.3 Å². The smallest absolute Gasteiger partial charge is 0.264 e. The zero-order chi connectivity index (χ0) is 24.7. The Bertz CT molecular complexity index is 1260. The second kappa shape index (κ2) is 11.0. The third-order valence-electron chi connectivity index (χ3n) is 4.59. The molecule has 2 amide bonds. The van der Waals surface area contributed by atoms with E-state index in [0.717, 1.165) is 4.31 Å². The third kappa shape index (κ3) is 6.49. The van der Waals surface area contributed by atoms with Crippen LogP contribution in [0.15, 0.2) is 77.7 Å². The first-order valence-electron chi connectivity index (χ1n) is 10.4. The summed E-state index contributed by atoms with van der Waals surface area (Å²) in [5.41, 5.74) is 1.20. The molecule has 0 aliphatic heterocycles. The van der Waals surface area contributed by atoms with Gasteiger partial charge in [0.25, 0.3) is 10.0 Å². The molecule has 0 saturated carbocycles. The van der Waals surface area contributed by atoms with Gasteiger partial charge in [-0.1, -0.05) is 17.7 Å². The maximum Gasteiger partial charge on any atom is 0.264 e. The van der Waals surface area contributed by atoms with E-state index in [2.05, 4.69) is 10.6 Å². The summed E-state index contributed by atoms with van der Waals surface area (Å²) in [7, 11) is -4.09. The molecule has 0 heterocycles. The zero-order valence-corrected chi connectivity index (χ0v) is 20.2. The Hall–Kier alpha value is -3.56. The fourth-order valence-corrected chi connectivity index (χ4v) is 4.68. The molecular formula is C24H24ClN3O5S. The van der Waals surface area contributed by atoms with Gasteiger partial charge in [0.05, 0.1) is 17.2 Å². The van der Waals surface area contributed by atoms with E-state index in [1.807, 2.05) is 6.92 Å². The third-order valence-corrected chi connectivity index (χ3v) is 6.63. The van der Waals surface area contributed by atoms with Gasteiger partial charge < -0.3 is 15.4 Å². The lowest BCUT2D eigenvalue weighted by Crippen LogP contribution is -2.38. The molecule has 178 valence electrons. The van der Waals surface area contributed by atoms with E-state index in [1.165, 1.54) is 31.2 Å². The van der Waals surface area contributed by atoms with Crippen molar-refractivity contribution in [2.75, 3.05) is 28.1 Å². The normalized spacial score (nSPS) is 10.9. The van der Waals surface area contributed by atoms with Crippen molar-refractivity contribution in [3.8, 4) is 5.75 Å². The van der Waals surface area contributed by atoms with Crippen LogP contribution in [0.2, 0.25) is 5.02 Å². The van der Waals surface area contributed by atoms with Gasteiger partial charge in [-0.3, -0.25) is 13.9 Å². The number of nitrogens with zero attached hydrogens (tertiary/aromatic N) is 1. The number of nitrogens with one attached hydrogen (secondary N) is 2. The van der Waals surface area contributed by atoms with Crippen LogP contribution < -0.4 is 19.7 Å². The molecule has 2 N–H and O–H groups in total. The average molecular weight is 502 g/mol. The number of rotatable bonds is 9. The molecule has 0 aromatic heterocycles. The zero-order valence-electron chi connectivity index (χ0n) is 18.6. The highest BCUT2D eigenvalue weighted by atomic mass is 35.5. The van der Waals surface area contributed by atoms with Crippen LogP contribution in [-0.2, 0) is 19.6 Å². The van der Waals surface area contributed by atoms with Crippen molar-refractivity contribution in [3.05, 3.63) is 77.8 Å². The molecule has 0 aliphatic carbocycles. The molecule has 0 radical (unpaired) electrons. The first-order chi connectivity index (χ1) is 16.2. The minimum absolute atomic E-state index is 0.00811. The average Bonchev–Trinajstić information content (AvgIpc) is 2.78. The number of anilines is 3. The lowest BCUT2D eigenvalue weighted by molar-refractivity contribution is -0.115. The molecule has 34 heavy (non-hydrogen) atoms. The van der Waals surface area contributed by atoms with Gasteiger partial charge in [0.15, 0.2) is 0 Å². The molecule has 3 aromatic rings. The van der Waals surface area contributed by atoms with Crippen molar-refractivity contribution in [3.63, 3.8) is 0 Å². The van der Waals surface area contributed by atoms with Crippen LogP contribution in [-0.4, -0.2) is 33.4 Å². The summed E-state index contributed by atoms with van der Waals surface area (Å²) < 4.78 is 33.3. The number of hydrogen-bond donors (Lipinski definition) is 2. The molecule has 0 spiro atoms. The van der Waals surface area contributed by atoms with Crippen LogP contribution in [0.5, 0.6) is 5.75 Å². The van der Waals surface area contributed by atoms with E-state index in [0.29, 0.717) is 34.4 Å². The SMILES string of the molecule is CCOc1ccc(N(CC(=O)Nc2cccc(NC(C)=O)c2)S(=O)(=O)c2ccc(Cl)cc2)cc1. The van der Waals surface area contributed by atoms with Gasteiger partial charge in [0.2, 0.25) is 11.8 Å². The number of sulfonamides is 1. The lowest BCUT2D eigenvalue weighted by Gasteiger charge is -2.24. The van der Waals surface area contributed by atoms with Crippen LogP contribution in [0.4, 0.5) is 17.1 Å². The van der Waals surface area contributed by atoms with Crippen LogP contribution in [0.25, 0.3) is 0 Å². The Morgan fingerprint density at radius 1 is 0.941 bits per heavy atom. The summed E-state index contributed by atoms with van der Waals surface area (Å²) in [5, 5.41) is 5.70. The largest absolute Gasteiger partial charge is 0.494 e. The molecule has 0 unspecified atom stereocenters. The maximum absolute atomic E-state index is 13.4. The van der Waals surface area contributed by atoms with Crippen molar-refractivity contribution < 1.29 is 22.7 Å². The first kappa shape index (κ1) is 25.1. The fourth-order valence-electron chi connectivity index (χ4n) is 3.13. The molecule has 0 fully saturated rings. The van der Waals surface area contributed by atoms with E-state index >= 15 is 0 Å². The van der Waals surface area contributed by atoms with Crippen molar-refractivity contribution in [2.45, 2.75) is 18.7 Å². The summed E-state index contributed by atoms with van der Waals surface area (Å²) >= 11 is 5.91. The predicted molar refractivity (Wildman–Crippen MR) is 133 cm³/mol. The van der Waals surface area contributed by atoms with Gasteiger partial charge >= 0.3 is 0 Å². The monoisotopic (exact) mass is 501 g/mol. The molecule has 3 rings (SSSR count). The second-order valence-electron chi connectivity index (χ2n) is 7.20. The Morgan fingerprint density at radius 2 is 1.56 bits per heavy atom. The number of benzene rings is 3. The molecule has 0 aliphatic rings. The fraction of sp³-hybridized carbons (Fsp3) is 0.167. The van der Waals surface area contributed by atoms with Crippen LogP contribution in [0.1, 0.15) is 13.8 Å². The first-order valence-corrected chi connectivity index (χ1v) is 12.2. The summed E-state index contributed by atoms with van der Waals surface area (Å²) in [6.07, 6.45) is 0. The van der Waals surface area contributed by atoms with Gasteiger partial charge in [0.1, 0.15) is 12.3 Å². The number of carbonyl (C=O) groups excluding carboxylic acids is 2. The topological polar surface area (TPSA) is 105 Å².